The summed E-state index contributed by atoms with van der Waals surface area (Å²) < 4.78 is 6.17. The van der Waals surface area contributed by atoms with Gasteiger partial charge in [0.15, 0.2) is 0 Å². The summed E-state index contributed by atoms with van der Waals surface area (Å²) in [6, 6.07) is 8.32. The van der Waals surface area contributed by atoms with Gasteiger partial charge in [0.2, 0.25) is 0 Å². The fourth-order valence-corrected chi connectivity index (χ4v) is 2.98. The van der Waals surface area contributed by atoms with Crippen molar-refractivity contribution in [3.05, 3.63) is 29.8 Å². The molecule has 1 aliphatic rings. The normalized spacial score (nSPS) is 29.0. The van der Waals surface area contributed by atoms with Crippen LogP contribution < -0.4 is 4.74 Å². The Labute approximate surface area is 113 Å². The van der Waals surface area contributed by atoms with Crippen molar-refractivity contribution in [2.24, 2.45) is 11.8 Å². The van der Waals surface area contributed by atoms with Gasteiger partial charge in [0.05, 0.1) is 6.10 Å². The second-order valence-corrected chi connectivity index (χ2v) is 5.81. The lowest BCUT2D eigenvalue weighted by molar-refractivity contribution is 0.0999. The predicted molar refractivity (Wildman–Crippen MR) is 75.7 cm³/mol. The summed E-state index contributed by atoms with van der Waals surface area (Å²) in [7, 11) is 0. The Kier molecular flexibility index (Phi) is 4.49. The van der Waals surface area contributed by atoms with E-state index in [4.69, 9.17) is 4.74 Å². The highest BCUT2D eigenvalue weighted by atomic mass is 79.9. The summed E-state index contributed by atoms with van der Waals surface area (Å²) in [5.74, 6) is 2.68. The Morgan fingerprint density at radius 3 is 2.65 bits per heavy atom. The number of alkyl halides is 1. The van der Waals surface area contributed by atoms with Crippen molar-refractivity contribution in [1.82, 2.24) is 0 Å². The van der Waals surface area contributed by atoms with Gasteiger partial charge in [-0.1, -0.05) is 48.0 Å². The Morgan fingerprint density at radius 2 is 1.94 bits per heavy atom. The van der Waals surface area contributed by atoms with Crippen molar-refractivity contribution in [3.8, 4) is 5.75 Å². The van der Waals surface area contributed by atoms with Gasteiger partial charge in [-0.05, 0) is 37.2 Å². The summed E-state index contributed by atoms with van der Waals surface area (Å²) in [4.78, 5) is 0. The molecular formula is C15H21BrO. The van der Waals surface area contributed by atoms with E-state index >= 15 is 0 Å². The van der Waals surface area contributed by atoms with E-state index in [0.717, 1.165) is 22.9 Å². The van der Waals surface area contributed by atoms with E-state index in [-0.39, 0.29) is 0 Å². The molecule has 0 saturated heterocycles. The van der Waals surface area contributed by atoms with Crippen molar-refractivity contribution >= 4 is 15.9 Å². The molecule has 94 valence electrons. The molecule has 0 aliphatic heterocycles. The molecule has 3 unspecified atom stereocenters. The summed E-state index contributed by atoms with van der Waals surface area (Å²) >= 11 is 3.51. The van der Waals surface area contributed by atoms with Crippen LogP contribution >= 0.6 is 15.9 Å². The van der Waals surface area contributed by atoms with Gasteiger partial charge in [-0.3, -0.25) is 0 Å². The van der Waals surface area contributed by atoms with Crippen LogP contribution in [0.3, 0.4) is 0 Å². The van der Waals surface area contributed by atoms with Gasteiger partial charge >= 0.3 is 0 Å². The lowest BCUT2D eigenvalue weighted by Gasteiger charge is -2.32. The first-order chi connectivity index (χ1) is 8.20. The molecule has 0 spiro atoms. The second kappa shape index (κ2) is 5.90. The van der Waals surface area contributed by atoms with E-state index < -0.39 is 0 Å². The maximum absolute atomic E-state index is 6.17. The highest BCUT2D eigenvalue weighted by Gasteiger charge is 2.26. The summed E-state index contributed by atoms with van der Waals surface area (Å²) in [6.07, 6.45) is 4.09. The lowest BCUT2D eigenvalue weighted by atomic mass is 9.80. The first kappa shape index (κ1) is 12.9. The minimum absolute atomic E-state index is 0.404. The molecule has 3 atom stereocenters. The zero-order valence-corrected chi connectivity index (χ0v) is 12.2. The highest BCUT2D eigenvalue weighted by molar-refractivity contribution is 9.08. The Bertz CT molecular complexity index is 364. The Morgan fingerprint density at radius 1 is 1.18 bits per heavy atom. The number of hydrogen-bond donors (Lipinski definition) is 0. The van der Waals surface area contributed by atoms with Crippen molar-refractivity contribution in [2.45, 2.75) is 44.5 Å². The number of rotatable bonds is 3. The fourth-order valence-electron chi connectivity index (χ4n) is 2.51. The molecule has 0 aromatic heterocycles. The van der Waals surface area contributed by atoms with Gasteiger partial charge in [-0.2, -0.15) is 0 Å². The van der Waals surface area contributed by atoms with Crippen molar-refractivity contribution in [2.75, 3.05) is 0 Å². The van der Waals surface area contributed by atoms with Crippen LogP contribution in [0.15, 0.2) is 24.3 Å². The molecule has 1 aliphatic carbocycles. The van der Waals surface area contributed by atoms with E-state index in [9.17, 15) is 0 Å². The number of ether oxygens (including phenoxy) is 1. The molecule has 1 fully saturated rings. The van der Waals surface area contributed by atoms with E-state index in [2.05, 4.69) is 54.0 Å². The van der Waals surface area contributed by atoms with Crippen molar-refractivity contribution in [3.63, 3.8) is 0 Å². The first-order valence-electron chi connectivity index (χ1n) is 6.51. The van der Waals surface area contributed by atoms with E-state index in [1.165, 1.54) is 24.8 Å². The van der Waals surface area contributed by atoms with E-state index in [1.54, 1.807) is 0 Å². The second-order valence-electron chi connectivity index (χ2n) is 5.25. The zero-order valence-electron chi connectivity index (χ0n) is 10.7. The number of halogens is 1. The third-order valence-electron chi connectivity index (χ3n) is 3.96. The summed E-state index contributed by atoms with van der Waals surface area (Å²) in [6.45, 7) is 4.70. The third-order valence-corrected chi connectivity index (χ3v) is 4.56. The summed E-state index contributed by atoms with van der Waals surface area (Å²) in [5, 5.41) is 0.863. The third kappa shape index (κ3) is 3.25. The largest absolute Gasteiger partial charge is 0.490 e. The van der Waals surface area contributed by atoms with Crippen LogP contribution in [0, 0.1) is 11.8 Å². The minimum Gasteiger partial charge on any atom is -0.490 e. The monoisotopic (exact) mass is 296 g/mol. The van der Waals surface area contributed by atoms with E-state index in [1.807, 2.05) is 0 Å². The van der Waals surface area contributed by atoms with Crippen LogP contribution in [0.4, 0.5) is 0 Å². The topological polar surface area (TPSA) is 9.23 Å². The maximum atomic E-state index is 6.17. The average molecular weight is 297 g/mol. The van der Waals surface area contributed by atoms with Gasteiger partial charge in [0.25, 0.3) is 0 Å². The SMILES string of the molecule is CC1CCC(Oc2ccccc2CBr)CC1C. The smallest absolute Gasteiger partial charge is 0.123 e. The molecule has 1 nitrogen and oxygen atoms in total. The standard InChI is InChI=1S/C15H21BrO/c1-11-7-8-14(9-12(11)2)17-15-6-4-3-5-13(15)10-16/h3-6,11-12,14H,7-10H2,1-2H3. The molecule has 0 radical (unpaired) electrons. The van der Waals surface area contributed by atoms with Crippen LogP contribution in [0.25, 0.3) is 0 Å². The first-order valence-corrected chi connectivity index (χ1v) is 7.63. The average Bonchev–Trinajstić information content (AvgIpc) is 2.34. The number of hydrogen-bond acceptors (Lipinski definition) is 1. The van der Waals surface area contributed by atoms with Crippen LogP contribution in [-0.4, -0.2) is 6.10 Å². The molecule has 1 saturated carbocycles. The van der Waals surface area contributed by atoms with Gasteiger partial charge in [0, 0.05) is 10.9 Å². The quantitative estimate of drug-likeness (QED) is 0.729. The molecule has 2 heteroatoms. The van der Waals surface area contributed by atoms with Gasteiger partial charge in [-0.25, -0.2) is 0 Å². The zero-order chi connectivity index (χ0) is 12.3. The number of benzene rings is 1. The van der Waals surface area contributed by atoms with Gasteiger partial charge < -0.3 is 4.74 Å². The van der Waals surface area contributed by atoms with Crippen molar-refractivity contribution < 1.29 is 4.74 Å². The van der Waals surface area contributed by atoms with Crippen LogP contribution in [0.5, 0.6) is 5.75 Å². The fraction of sp³-hybridized carbons (Fsp3) is 0.600. The molecule has 0 amide bonds. The van der Waals surface area contributed by atoms with Crippen molar-refractivity contribution in [1.29, 1.82) is 0 Å². The molecule has 2 rings (SSSR count). The minimum atomic E-state index is 0.404. The van der Waals surface area contributed by atoms with Crippen LogP contribution in [-0.2, 0) is 5.33 Å². The maximum Gasteiger partial charge on any atom is 0.123 e. The van der Waals surface area contributed by atoms with Crippen LogP contribution in [0.2, 0.25) is 0 Å². The predicted octanol–water partition coefficient (Wildman–Crippen LogP) is 4.79. The Hall–Kier alpha value is -0.500. The highest BCUT2D eigenvalue weighted by Crippen LogP contribution is 2.33. The van der Waals surface area contributed by atoms with E-state index in [0.29, 0.717) is 6.10 Å². The number of para-hydroxylation sites is 1. The molecule has 0 bridgehead atoms. The molecule has 17 heavy (non-hydrogen) atoms. The molecule has 0 N–H and O–H groups in total. The Balaban J connectivity index is 2.01. The molecule has 1 aromatic carbocycles. The molecular weight excluding hydrogens is 276 g/mol. The van der Waals surface area contributed by atoms with Gasteiger partial charge in [-0.15, -0.1) is 0 Å². The molecule has 0 heterocycles. The lowest BCUT2D eigenvalue weighted by Crippen LogP contribution is -2.29. The van der Waals surface area contributed by atoms with Crippen LogP contribution in [0.1, 0.15) is 38.7 Å². The molecule has 1 aromatic rings. The summed E-state index contributed by atoms with van der Waals surface area (Å²) in [5.41, 5.74) is 1.25. The van der Waals surface area contributed by atoms with Gasteiger partial charge in [0.1, 0.15) is 5.75 Å².